The van der Waals surface area contributed by atoms with Crippen LogP contribution in [0.4, 0.5) is 5.82 Å². The van der Waals surface area contributed by atoms with E-state index in [0.29, 0.717) is 31.8 Å². The van der Waals surface area contributed by atoms with E-state index in [4.69, 9.17) is 0 Å². The molecule has 1 aromatic carbocycles. The number of fused-ring (bicyclic) bond motifs is 1. The Balaban J connectivity index is 1.47. The second-order valence-corrected chi connectivity index (χ2v) is 8.15. The molecule has 9 heteroatoms. The predicted octanol–water partition coefficient (Wildman–Crippen LogP) is 1.56. The number of aromatic nitrogens is 4. The summed E-state index contributed by atoms with van der Waals surface area (Å²) in [5.74, 6) is 1.52. The lowest BCUT2D eigenvalue weighted by Gasteiger charge is -2.33. The zero-order chi connectivity index (χ0) is 18.9. The topological polar surface area (TPSA) is 83.7 Å². The molecule has 0 atom stereocenters. The van der Waals surface area contributed by atoms with Crippen molar-refractivity contribution < 1.29 is 8.42 Å². The van der Waals surface area contributed by atoms with E-state index in [1.54, 1.807) is 12.3 Å². The minimum Gasteiger partial charge on any atom is -0.351 e. The first kappa shape index (κ1) is 17.6. The molecule has 0 aliphatic carbocycles. The van der Waals surface area contributed by atoms with Crippen molar-refractivity contribution in [3.8, 4) is 0 Å². The molecule has 3 aromatic rings. The number of nitrogens with zero attached hydrogens (tertiary/aromatic N) is 6. The lowest BCUT2D eigenvalue weighted by Crippen LogP contribution is -2.48. The Labute approximate surface area is 157 Å². The second kappa shape index (κ2) is 7.09. The number of hydrogen-bond acceptors (Lipinski definition) is 6. The molecular weight excluding hydrogens is 364 g/mol. The normalized spacial score (nSPS) is 16.4. The van der Waals surface area contributed by atoms with Gasteiger partial charge in [0.1, 0.15) is 5.82 Å². The Morgan fingerprint density at radius 2 is 1.78 bits per heavy atom. The van der Waals surface area contributed by atoms with Crippen molar-refractivity contribution in [1.29, 1.82) is 0 Å². The molecule has 0 unspecified atom stereocenters. The number of benzene rings is 1. The van der Waals surface area contributed by atoms with Crippen LogP contribution in [0.3, 0.4) is 0 Å². The third kappa shape index (κ3) is 3.56. The lowest BCUT2D eigenvalue weighted by atomic mass is 10.2. The zero-order valence-corrected chi connectivity index (χ0v) is 15.7. The molecule has 0 bridgehead atoms. The monoisotopic (exact) mass is 384 g/mol. The van der Waals surface area contributed by atoms with Gasteiger partial charge in [0, 0.05) is 44.0 Å². The molecule has 1 fully saturated rings. The third-order valence-electron chi connectivity index (χ3n) is 4.61. The fourth-order valence-corrected chi connectivity index (χ4v) is 4.29. The molecule has 0 spiro atoms. The number of rotatable bonds is 4. The predicted molar refractivity (Wildman–Crippen MR) is 104 cm³/mol. The van der Waals surface area contributed by atoms with Gasteiger partial charge in [-0.05, 0) is 18.6 Å². The summed E-state index contributed by atoms with van der Waals surface area (Å²) >= 11 is 0. The maximum atomic E-state index is 12.6. The molecule has 0 N–H and O–H groups in total. The van der Waals surface area contributed by atoms with Gasteiger partial charge in [-0.25, -0.2) is 13.4 Å². The van der Waals surface area contributed by atoms with E-state index in [1.165, 1.54) is 9.71 Å². The zero-order valence-electron chi connectivity index (χ0n) is 14.9. The van der Waals surface area contributed by atoms with Gasteiger partial charge in [0.2, 0.25) is 15.7 Å². The van der Waals surface area contributed by atoms with Crippen molar-refractivity contribution in [2.24, 2.45) is 0 Å². The van der Waals surface area contributed by atoms with E-state index in [1.807, 2.05) is 47.9 Å². The summed E-state index contributed by atoms with van der Waals surface area (Å²) in [5.41, 5.74) is 1.55. The summed E-state index contributed by atoms with van der Waals surface area (Å²) in [5, 5.41) is 9.56. The second-order valence-electron chi connectivity index (χ2n) is 6.34. The van der Waals surface area contributed by atoms with Crippen LogP contribution in [-0.2, 0) is 10.0 Å². The molecular formula is C18H20N6O2S. The molecule has 0 saturated carbocycles. The summed E-state index contributed by atoms with van der Waals surface area (Å²) in [6.45, 7) is 3.79. The average Bonchev–Trinajstić information content (AvgIpc) is 3.09. The smallest absolute Gasteiger partial charge is 0.236 e. The highest BCUT2D eigenvalue weighted by Gasteiger charge is 2.27. The average molecular weight is 384 g/mol. The molecule has 1 aliphatic heterocycles. The fourth-order valence-electron chi connectivity index (χ4n) is 3.12. The van der Waals surface area contributed by atoms with Crippen molar-refractivity contribution in [1.82, 2.24) is 23.9 Å². The SMILES string of the molecule is Cc1nnc2c(N3CCN(S(=O)(=O)/C=C/c4ccccc4)CC3)nccn12. The third-order valence-corrected chi connectivity index (χ3v) is 6.17. The minimum absolute atomic E-state index is 0.400. The van der Waals surface area contributed by atoms with Crippen molar-refractivity contribution in [3.05, 3.63) is 59.5 Å². The fraction of sp³-hybridized carbons (Fsp3) is 0.278. The van der Waals surface area contributed by atoms with Gasteiger partial charge in [0.05, 0.1) is 0 Å². The maximum Gasteiger partial charge on any atom is 0.236 e. The molecule has 0 radical (unpaired) electrons. The Morgan fingerprint density at radius 3 is 2.52 bits per heavy atom. The first-order valence-electron chi connectivity index (χ1n) is 8.69. The van der Waals surface area contributed by atoms with Crippen LogP contribution in [0.1, 0.15) is 11.4 Å². The van der Waals surface area contributed by atoms with Crippen LogP contribution in [0.25, 0.3) is 11.7 Å². The van der Waals surface area contributed by atoms with Crippen molar-refractivity contribution in [3.63, 3.8) is 0 Å². The molecule has 4 rings (SSSR count). The van der Waals surface area contributed by atoms with E-state index in [0.717, 1.165) is 17.2 Å². The highest BCUT2D eigenvalue weighted by Crippen LogP contribution is 2.20. The molecule has 27 heavy (non-hydrogen) atoms. The van der Waals surface area contributed by atoms with Gasteiger partial charge in [-0.3, -0.25) is 4.40 Å². The van der Waals surface area contributed by atoms with Crippen LogP contribution in [0.15, 0.2) is 48.1 Å². The van der Waals surface area contributed by atoms with Crippen molar-refractivity contribution in [2.45, 2.75) is 6.92 Å². The highest BCUT2D eigenvalue weighted by atomic mass is 32.2. The van der Waals surface area contributed by atoms with E-state index in [-0.39, 0.29) is 0 Å². The highest BCUT2D eigenvalue weighted by molar-refractivity contribution is 7.92. The van der Waals surface area contributed by atoms with Crippen LogP contribution in [-0.4, -0.2) is 58.5 Å². The molecule has 3 heterocycles. The van der Waals surface area contributed by atoms with Gasteiger partial charge < -0.3 is 4.90 Å². The lowest BCUT2D eigenvalue weighted by molar-refractivity contribution is 0.389. The first-order chi connectivity index (χ1) is 13.0. The molecule has 0 amide bonds. The standard InChI is InChI=1S/C18H20N6O2S/c1-15-20-21-18-17(19-8-9-24(15)18)22-10-12-23(13-11-22)27(25,26)14-7-16-5-3-2-4-6-16/h2-9,14H,10-13H2,1H3/b14-7+. The summed E-state index contributed by atoms with van der Waals surface area (Å²) in [6.07, 6.45) is 5.16. The maximum absolute atomic E-state index is 12.6. The number of sulfonamides is 1. The van der Waals surface area contributed by atoms with Gasteiger partial charge in [-0.2, -0.15) is 4.31 Å². The van der Waals surface area contributed by atoms with Gasteiger partial charge in [0.15, 0.2) is 5.82 Å². The summed E-state index contributed by atoms with van der Waals surface area (Å²) in [6, 6.07) is 9.40. The number of piperazine rings is 1. The Bertz CT molecular complexity index is 1070. The largest absolute Gasteiger partial charge is 0.351 e. The Hall–Kier alpha value is -2.78. The molecule has 140 valence electrons. The number of anilines is 1. The minimum atomic E-state index is -3.45. The summed E-state index contributed by atoms with van der Waals surface area (Å²) < 4.78 is 28.6. The molecule has 8 nitrogen and oxygen atoms in total. The van der Waals surface area contributed by atoms with Crippen LogP contribution >= 0.6 is 0 Å². The van der Waals surface area contributed by atoms with E-state index >= 15 is 0 Å². The van der Waals surface area contributed by atoms with Crippen LogP contribution in [0.2, 0.25) is 0 Å². The Kier molecular flexibility index (Phi) is 4.63. The van der Waals surface area contributed by atoms with E-state index in [2.05, 4.69) is 20.1 Å². The van der Waals surface area contributed by atoms with Crippen molar-refractivity contribution in [2.75, 3.05) is 31.1 Å². The molecule has 2 aromatic heterocycles. The summed E-state index contributed by atoms with van der Waals surface area (Å²) in [4.78, 5) is 6.48. The van der Waals surface area contributed by atoms with E-state index in [9.17, 15) is 8.42 Å². The van der Waals surface area contributed by atoms with Gasteiger partial charge >= 0.3 is 0 Å². The number of aryl methyl sites for hydroxylation is 1. The molecule has 1 aliphatic rings. The summed E-state index contributed by atoms with van der Waals surface area (Å²) in [7, 11) is -3.45. The van der Waals surface area contributed by atoms with Gasteiger partial charge in [0.25, 0.3) is 0 Å². The Morgan fingerprint density at radius 1 is 1.04 bits per heavy atom. The number of hydrogen-bond donors (Lipinski definition) is 0. The van der Waals surface area contributed by atoms with Crippen molar-refractivity contribution >= 4 is 27.6 Å². The van der Waals surface area contributed by atoms with E-state index < -0.39 is 10.0 Å². The van der Waals surface area contributed by atoms with Crippen LogP contribution in [0.5, 0.6) is 0 Å². The first-order valence-corrected chi connectivity index (χ1v) is 10.2. The molecule has 1 saturated heterocycles. The van der Waals surface area contributed by atoms with Gasteiger partial charge in [-0.15, -0.1) is 10.2 Å². The van der Waals surface area contributed by atoms with Crippen LogP contribution in [0, 0.1) is 6.92 Å². The quantitative estimate of drug-likeness (QED) is 0.679. The van der Waals surface area contributed by atoms with Crippen LogP contribution < -0.4 is 4.90 Å². The van der Waals surface area contributed by atoms with Gasteiger partial charge in [-0.1, -0.05) is 30.3 Å².